The van der Waals surface area contributed by atoms with E-state index in [1.54, 1.807) is 6.07 Å². The van der Waals surface area contributed by atoms with E-state index in [0.29, 0.717) is 12.6 Å². The van der Waals surface area contributed by atoms with Gasteiger partial charge in [-0.1, -0.05) is 0 Å². The highest BCUT2D eigenvalue weighted by molar-refractivity contribution is 5.29. The van der Waals surface area contributed by atoms with Crippen LogP contribution in [0, 0.1) is 12.3 Å². The summed E-state index contributed by atoms with van der Waals surface area (Å²) >= 11 is 0. The van der Waals surface area contributed by atoms with E-state index in [9.17, 15) is 5.11 Å². The maximum Gasteiger partial charge on any atom is 0.138 e. The van der Waals surface area contributed by atoms with Crippen LogP contribution in [0.1, 0.15) is 56.6 Å². The molecule has 0 aliphatic carbocycles. The van der Waals surface area contributed by atoms with Gasteiger partial charge in [0.1, 0.15) is 5.75 Å². The number of nitrogens with zero attached hydrogens (tertiary/aromatic N) is 4. The van der Waals surface area contributed by atoms with Gasteiger partial charge in [0.25, 0.3) is 0 Å². The average molecular weight is 370 g/mol. The topological polar surface area (TPSA) is 63.4 Å². The lowest BCUT2D eigenvalue weighted by Gasteiger charge is -2.59. The molecule has 2 aliphatic rings. The van der Waals surface area contributed by atoms with E-state index in [4.69, 9.17) is 4.74 Å². The maximum atomic E-state index is 10.2. The first-order valence-corrected chi connectivity index (χ1v) is 9.81. The average Bonchev–Trinajstić information content (AvgIpc) is 3.07. The van der Waals surface area contributed by atoms with Gasteiger partial charge in [-0.25, -0.2) is 0 Å². The maximum absolute atomic E-state index is 10.2. The zero-order valence-corrected chi connectivity index (χ0v) is 16.8. The Hall–Kier alpha value is -1.92. The molecule has 1 N–H and O–H groups in total. The molecule has 0 bridgehead atoms. The molecule has 2 aliphatic heterocycles. The molecule has 2 aromatic rings. The van der Waals surface area contributed by atoms with Gasteiger partial charge < -0.3 is 9.84 Å². The molecule has 0 aromatic carbocycles. The number of pyridine rings is 1. The van der Waals surface area contributed by atoms with E-state index < -0.39 is 0 Å². The zero-order chi connectivity index (χ0) is 19.2. The summed E-state index contributed by atoms with van der Waals surface area (Å²) in [5.41, 5.74) is 3.15. The Morgan fingerprint density at radius 2 is 2.00 bits per heavy atom. The minimum Gasteiger partial charge on any atom is -0.506 e. The highest BCUT2D eigenvalue weighted by Gasteiger charge is 2.54. The van der Waals surface area contributed by atoms with Crippen molar-refractivity contribution in [2.75, 3.05) is 19.8 Å². The SMILES string of the molecule is Cc1ccc(O)c(CN2CC3(CCOCC3)C2c2cnn(C(C)(C)C)c2)n1. The van der Waals surface area contributed by atoms with Gasteiger partial charge in [-0.3, -0.25) is 14.6 Å². The van der Waals surface area contributed by atoms with Gasteiger partial charge in [0.2, 0.25) is 0 Å². The Balaban J connectivity index is 1.64. The summed E-state index contributed by atoms with van der Waals surface area (Å²) in [6, 6.07) is 3.88. The third-order valence-corrected chi connectivity index (χ3v) is 6.00. The number of hydrogen-bond donors (Lipinski definition) is 1. The lowest BCUT2D eigenvalue weighted by atomic mass is 9.64. The number of aryl methyl sites for hydroxylation is 1. The second-order valence-corrected chi connectivity index (χ2v) is 9.09. The van der Waals surface area contributed by atoms with Crippen LogP contribution < -0.4 is 0 Å². The van der Waals surface area contributed by atoms with Crippen molar-refractivity contribution < 1.29 is 9.84 Å². The van der Waals surface area contributed by atoms with Crippen LogP contribution in [-0.4, -0.2) is 44.5 Å². The molecule has 1 atom stereocenters. The third kappa shape index (κ3) is 3.36. The highest BCUT2D eigenvalue weighted by atomic mass is 16.5. The Bertz CT molecular complexity index is 818. The molecule has 0 saturated carbocycles. The molecule has 6 nitrogen and oxygen atoms in total. The van der Waals surface area contributed by atoms with Crippen molar-refractivity contribution in [3.8, 4) is 5.75 Å². The summed E-state index contributed by atoms with van der Waals surface area (Å²) in [5, 5.41) is 14.9. The number of rotatable bonds is 3. The van der Waals surface area contributed by atoms with Crippen LogP contribution in [0.15, 0.2) is 24.5 Å². The minimum absolute atomic E-state index is 0.0357. The second-order valence-electron chi connectivity index (χ2n) is 9.09. The first kappa shape index (κ1) is 18.4. The first-order chi connectivity index (χ1) is 12.8. The summed E-state index contributed by atoms with van der Waals surface area (Å²) in [6.07, 6.45) is 6.35. The van der Waals surface area contributed by atoms with Crippen molar-refractivity contribution in [1.82, 2.24) is 19.7 Å². The van der Waals surface area contributed by atoms with Crippen molar-refractivity contribution in [3.05, 3.63) is 41.5 Å². The van der Waals surface area contributed by atoms with E-state index in [-0.39, 0.29) is 16.7 Å². The fourth-order valence-electron chi connectivity index (χ4n) is 4.53. The fraction of sp³-hybridized carbons (Fsp3) is 0.619. The summed E-state index contributed by atoms with van der Waals surface area (Å²) in [5.74, 6) is 0.276. The highest BCUT2D eigenvalue weighted by Crippen LogP contribution is 2.55. The van der Waals surface area contributed by atoms with Crippen molar-refractivity contribution in [1.29, 1.82) is 0 Å². The molecule has 146 valence electrons. The third-order valence-electron chi connectivity index (χ3n) is 6.00. The number of aromatic nitrogens is 3. The van der Waals surface area contributed by atoms with Crippen LogP contribution in [-0.2, 0) is 16.8 Å². The molecule has 0 radical (unpaired) electrons. The van der Waals surface area contributed by atoms with E-state index in [2.05, 4.69) is 42.0 Å². The number of likely N-dealkylation sites (tertiary alicyclic amines) is 1. The van der Waals surface area contributed by atoms with Gasteiger partial charge in [0.15, 0.2) is 0 Å². The van der Waals surface area contributed by atoms with E-state index in [0.717, 1.165) is 44.0 Å². The lowest BCUT2D eigenvalue weighted by Crippen LogP contribution is -2.59. The molecule has 0 amide bonds. The Morgan fingerprint density at radius 1 is 1.26 bits per heavy atom. The van der Waals surface area contributed by atoms with Gasteiger partial charge in [0, 0.05) is 55.2 Å². The zero-order valence-electron chi connectivity index (χ0n) is 16.8. The van der Waals surface area contributed by atoms with E-state index in [1.165, 1.54) is 5.56 Å². The van der Waals surface area contributed by atoms with Crippen LogP contribution in [0.3, 0.4) is 0 Å². The van der Waals surface area contributed by atoms with Crippen molar-refractivity contribution in [3.63, 3.8) is 0 Å². The predicted molar refractivity (Wildman–Crippen MR) is 103 cm³/mol. The van der Waals surface area contributed by atoms with Crippen molar-refractivity contribution >= 4 is 0 Å². The molecule has 6 heteroatoms. The fourth-order valence-corrected chi connectivity index (χ4v) is 4.53. The van der Waals surface area contributed by atoms with Gasteiger partial charge in [-0.2, -0.15) is 5.10 Å². The monoisotopic (exact) mass is 370 g/mol. The molecule has 2 aromatic heterocycles. The first-order valence-electron chi connectivity index (χ1n) is 9.81. The van der Waals surface area contributed by atoms with Crippen LogP contribution in [0.2, 0.25) is 0 Å². The van der Waals surface area contributed by atoms with Crippen molar-refractivity contribution in [2.24, 2.45) is 5.41 Å². The van der Waals surface area contributed by atoms with Gasteiger partial charge in [-0.15, -0.1) is 0 Å². The molecule has 2 fully saturated rings. The summed E-state index contributed by atoms with van der Waals surface area (Å²) in [6.45, 7) is 11.8. The molecular formula is C21H30N4O2. The van der Waals surface area contributed by atoms with Crippen molar-refractivity contribution in [2.45, 2.75) is 58.7 Å². The molecule has 27 heavy (non-hydrogen) atoms. The van der Waals surface area contributed by atoms with Crippen LogP contribution >= 0.6 is 0 Å². The molecule has 4 heterocycles. The Kier molecular flexibility index (Phi) is 4.51. The van der Waals surface area contributed by atoms with Gasteiger partial charge in [-0.05, 0) is 52.7 Å². The molecular weight excluding hydrogens is 340 g/mol. The number of ether oxygens (including phenoxy) is 1. The normalized spacial score (nSPS) is 22.7. The lowest BCUT2D eigenvalue weighted by molar-refractivity contribution is -0.139. The molecule has 2 saturated heterocycles. The second kappa shape index (κ2) is 6.60. The Labute approximate surface area is 161 Å². The molecule has 4 rings (SSSR count). The Morgan fingerprint density at radius 3 is 2.67 bits per heavy atom. The predicted octanol–water partition coefficient (Wildman–Crippen LogP) is 3.40. The van der Waals surface area contributed by atoms with Crippen LogP contribution in [0.5, 0.6) is 5.75 Å². The largest absolute Gasteiger partial charge is 0.506 e. The summed E-state index contributed by atoms with van der Waals surface area (Å²) < 4.78 is 7.69. The van der Waals surface area contributed by atoms with Gasteiger partial charge in [0.05, 0.1) is 17.4 Å². The molecule has 1 spiro atoms. The van der Waals surface area contributed by atoms with Crippen LogP contribution in [0.25, 0.3) is 0 Å². The summed E-state index contributed by atoms with van der Waals surface area (Å²) in [4.78, 5) is 6.99. The smallest absolute Gasteiger partial charge is 0.138 e. The number of aromatic hydroxyl groups is 1. The number of hydrogen-bond acceptors (Lipinski definition) is 5. The minimum atomic E-state index is -0.0357. The van der Waals surface area contributed by atoms with Gasteiger partial charge >= 0.3 is 0 Å². The molecule has 1 unspecified atom stereocenters. The summed E-state index contributed by atoms with van der Waals surface area (Å²) in [7, 11) is 0. The van der Waals surface area contributed by atoms with E-state index in [1.807, 2.05) is 23.9 Å². The standard InChI is InChI=1S/C21H30N4O2/c1-15-5-6-18(26)17(23-15)13-24-14-21(7-9-27-10-8-21)19(24)16-11-22-25(12-16)20(2,3)4/h5-6,11-12,19,26H,7-10,13-14H2,1-4H3. The quantitative estimate of drug-likeness (QED) is 0.897. The van der Waals surface area contributed by atoms with E-state index >= 15 is 0 Å². The van der Waals surface area contributed by atoms with Crippen LogP contribution in [0.4, 0.5) is 0 Å².